The first kappa shape index (κ1) is 14.5. The van der Waals surface area contributed by atoms with E-state index in [1.807, 2.05) is 37.3 Å². The SMILES string of the molecule is CCNc1nc(Cl)nc(NC(CO)c2ccccc2)n1. The smallest absolute Gasteiger partial charge is 0.229 e. The van der Waals surface area contributed by atoms with Crippen molar-refractivity contribution in [2.24, 2.45) is 0 Å². The maximum Gasteiger partial charge on any atom is 0.229 e. The zero-order valence-corrected chi connectivity index (χ0v) is 11.8. The van der Waals surface area contributed by atoms with E-state index >= 15 is 0 Å². The molecule has 0 bridgehead atoms. The molecule has 0 spiro atoms. The first-order valence-electron chi connectivity index (χ1n) is 6.30. The van der Waals surface area contributed by atoms with Gasteiger partial charge in [-0.3, -0.25) is 0 Å². The van der Waals surface area contributed by atoms with Crippen LogP contribution in [-0.2, 0) is 0 Å². The van der Waals surface area contributed by atoms with Crippen LogP contribution in [0.4, 0.5) is 11.9 Å². The third-order valence-corrected chi connectivity index (χ3v) is 2.80. The van der Waals surface area contributed by atoms with Crippen LogP contribution in [-0.4, -0.2) is 33.2 Å². The van der Waals surface area contributed by atoms with Gasteiger partial charge in [0.25, 0.3) is 0 Å². The summed E-state index contributed by atoms with van der Waals surface area (Å²) in [6.07, 6.45) is 0. The molecule has 0 saturated carbocycles. The molecule has 7 heteroatoms. The van der Waals surface area contributed by atoms with Gasteiger partial charge in [0.1, 0.15) is 0 Å². The Labute approximate surface area is 122 Å². The van der Waals surface area contributed by atoms with E-state index < -0.39 is 0 Å². The highest BCUT2D eigenvalue weighted by molar-refractivity contribution is 6.28. The van der Waals surface area contributed by atoms with Crippen LogP contribution in [0.2, 0.25) is 5.28 Å². The Morgan fingerprint density at radius 3 is 2.50 bits per heavy atom. The zero-order valence-electron chi connectivity index (χ0n) is 11.0. The molecule has 0 fully saturated rings. The monoisotopic (exact) mass is 293 g/mol. The highest BCUT2D eigenvalue weighted by Crippen LogP contribution is 2.18. The number of aliphatic hydroxyl groups is 1. The maximum atomic E-state index is 9.50. The molecule has 1 aromatic carbocycles. The quantitative estimate of drug-likeness (QED) is 0.756. The summed E-state index contributed by atoms with van der Waals surface area (Å²) in [5.41, 5.74) is 0.941. The summed E-state index contributed by atoms with van der Waals surface area (Å²) in [4.78, 5) is 12.2. The number of hydrogen-bond donors (Lipinski definition) is 3. The van der Waals surface area contributed by atoms with E-state index in [9.17, 15) is 5.11 Å². The fourth-order valence-corrected chi connectivity index (χ4v) is 1.89. The molecule has 0 radical (unpaired) electrons. The Kier molecular flexibility index (Phi) is 5.09. The molecule has 2 rings (SSSR count). The first-order chi connectivity index (χ1) is 9.72. The van der Waals surface area contributed by atoms with E-state index in [1.54, 1.807) is 0 Å². The number of aromatic nitrogens is 3. The second-order valence-corrected chi connectivity index (χ2v) is 4.41. The molecule has 0 aliphatic heterocycles. The molecular weight excluding hydrogens is 278 g/mol. The minimum atomic E-state index is -0.302. The molecule has 1 atom stereocenters. The summed E-state index contributed by atoms with van der Waals surface area (Å²) in [7, 11) is 0. The van der Waals surface area contributed by atoms with Gasteiger partial charge >= 0.3 is 0 Å². The van der Waals surface area contributed by atoms with Crippen LogP contribution in [0, 0.1) is 0 Å². The van der Waals surface area contributed by atoms with Gasteiger partial charge in [0, 0.05) is 6.54 Å². The van der Waals surface area contributed by atoms with Crippen molar-refractivity contribution in [2.45, 2.75) is 13.0 Å². The predicted octanol–water partition coefficient (Wildman–Crippen LogP) is 2.10. The van der Waals surface area contributed by atoms with Crippen molar-refractivity contribution in [3.8, 4) is 0 Å². The molecular formula is C13H16ClN5O. The van der Waals surface area contributed by atoms with E-state index in [-0.39, 0.29) is 17.9 Å². The van der Waals surface area contributed by atoms with Crippen molar-refractivity contribution >= 4 is 23.5 Å². The van der Waals surface area contributed by atoms with Crippen LogP contribution in [0.5, 0.6) is 0 Å². The van der Waals surface area contributed by atoms with Gasteiger partial charge in [0.15, 0.2) is 0 Å². The van der Waals surface area contributed by atoms with Crippen LogP contribution in [0.3, 0.4) is 0 Å². The standard InChI is InChI=1S/C13H16ClN5O/c1-2-15-12-17-11(14)18-13(19-12)16-10(8-20)9-6-4-3-5-7-9/h3-7,10,20H,2,8H2,1H3,(H2,15,16,17,18,19). The maximum absolute atomic E-state index is 9.50. The van der Waals surface area contributed by atoms with Gasteiger partial charge in [0.2, 0.25) is 17.2 Å². The van der Waals surface area contributed by atoms with Gasteiger partial charge in [-0.1, -0.05) is 30.3 Å². The molecule has 6 nitrogen and oxygen atoms in total. The summed E-state index contributed by atoms with van der Waals surface area (Å²) < 4.78 is 0. The van der Waals surface area contributed by atoms with Crippen molar-refractivity contribution in [1.29, 1.82) is 0 Å². The van der Waals surface area contributed by atoms with E-state index in [0.29, 0.717) is 18.4 Å². The third-order valence-electron chi connectivity index (χ3n) is 2.63. The lowest BCUT2D eigenvalue weighted by molar-refractivity contribution is 0.276. The lowest BCUT2D eigenvalue weighted by atomic mass is 10.1. The normalized spacial score (nSPS) is 11.9. The Balaban J connectivity index is 2.19. The lowest BCUT2D eigenvalue weighted by Crippen LogP contribution is -2.17. The summed E-state index contributed by atoms with van der Waals surface area (Å²) in [5.74, 6) is 0.726. The molecule has 1 aromatic heterocycles. The van der Waals surface area contributed by atoms with E-state index in [2.05, 4.69) is 25.6 Å². The summed E-state index contributed by atoms with van der Waals surface area (Å²) in [6, 6.07) is 9.27. The van der Waals surface area contributed by atoms with E-state index in [1.165, 1.54) is 0 Å². The molecule has 1 heterocycles. The van der Waals surface area contributed by atoms with Crippen molar-refractivity contribution < 1.29 is 5.11 Å². The van der Waals surface area contributed by atoms with E-state index in [0.717, 1.165) is 5.56 Å². The number of hydrogen-bond acceptors (Lipinski definition) is 6. The molecule has 0 aliphatic carbocycles. The number of rotatable bonds is 6. The second kappa shape index (κ2) is 7.02. The molecule has 0 saturated heterocycles. The largest absolute Gasteiger partial charge is 0.394 e. The number of anilines is 2. The highest BCUT2D eigenvalue weighted by Gasteiger charge is 2.12. The van der Waals surface area contributed by atoms with Gasteiger partial charge in [-0.2, -0.15) is 15.0 Å². The second-order valence-electron chi connectivity index (χ2n) is 4.07. The van der Waals surface area contributed by atoms with E-state index in [4.69, 9.17) is 11.6 Å². The average molecular weight is 294 g/mol. The Morgan fingerprint density at radius 1 is 1.15 bits per heavy atom. The summed E-state index contributed by atoms with van der Waals surface area (Å²) >= 11 is 5.85. The predicted molar refractivity (Wildman–Crippen MR) is 78.9 cm³/mol. The van der Waals surface area contributed by atoms with Crippen molar-refractivity contribution in [3.05, 3.63) is 41.2 Å². The average Bonchev–Trinajstić information content (AvgIpc) is 2.45. The van der Waals surface area contributed by atoms with Crippen LogP contribution >= 0.6 is 11.6 Å². The molecule has 0 amide bonds. The summed E-state index contributed by atoms with van der Waals surface area (Å²) in [5, 5.41) is 15.6. The Morgan fingerprint density at radius 2 is 1.85 bits per heavy atom. The highest BCUT2D eigenvalue weighted by atomic mass is 35.5. The molecule has 2 aromatic rings. The molecule has 3 N–H and O–H groups in total. The van der Waals surface area contributed by atoms with Crippen LogP contribution in [0.1, 0.15) is 18.5 Å². The number of aliphatic hydroxyl groups excluding tert-OH is 1. The van der Waals surface area contributed by atoms with Crippen LogP contribution < -0.4 is 10.6 Å². The minimum absolute atomic E-state index is 0.0795. The zero-order chi connectivity index (χ0) is 14.4. The number of nitrogens with zero attached hydrogens (tertiary/aromatic N) is 3. The Hall–Kier alpha value is -1.92. The first-order valence-corrected chi connectivity index (χ1v) is 6.68. The van der Waals surface area contributed by atoms with Crippen LogP contribution in [0.15, 0.2) is 30.3 Å². The summed E-state index contributed by atoms with van der Waals surface area (Å²) in [6.45, 7) is 2.54. The number of benzene rings is 1. The van der Waals surface area contributed by atoms with Crippen molar-refractivity contribution in [1.82, 2.24) is 15.0 Å². The van der Waals surface area contributed by atoms with Gasteiger partial charge in [-0.05, 0) is 24.1 Å². The van der Waals surface area contributed by atoms with Crippen molar-refractivity contribution in [3.63, 3.8) is 0 Å². The molecule has 0 aliphatic rings. The van der Waals surface area contributed by atoms with Gasteiger partial charge in [-0.15, -0.1) is 0 Å². The molecule has 20 heavy (non-hydrogen) atoms. The fourth-order valence-electron chi connectivity index (χ4n) is 1.73. The molecule has 106 valence electrons. The Bertz CT molecular complexity index is 552. The fraction of sp³-hybridized carbons (Fsp3) is 0.308. The third kappa shape index (κ3) is 3.79. The topological polar surface area (TPSA) is 83.0 Å². The van der Waals surface area contributed by atoms with Gasteiger partial charge in [-0.25, -0.2) is 0 Å². The number of nitrogens with one attached hydrogen (secondary N) is 2. The lowest BCUT2D eigenvalue weighted by Gasteiger charge is -2.17. The van der Waals surface area contributed by atoms with Crippen molar-refractivity contribution in [2.75, 3.05) is 23.8 Å². The minimum Gasteiger partial charge on any atom is -0.394 e. The van der Waals surface area contributed by atoms with Gasteiger partial charge in [0.05, 0.1) is 12.6 Å². The number of halogens is 1. The van der Waals surface area contributed by atoms with Crippen LogP contribution in [0.25, 0.3) is 0 Å². The van der Waals surface area contributed by atoms with Gasteiger partial charge < -0.3 is 15.7 Å². The molecule has 1 unspecified atom stereocenters.